The fourth-order valence-electron chi connectivity index (χ4n) is 1.33. The van der Waals surface area contributed by atoms with Crippen molar-refractivity contribution in [2.24, 2.45) is 5.11 Å². The summed E-state index contributed by atoms with van der Waals surface area (Å²) in [4.78, 5) is 2.59. The van der Waals surface area contributed by atoms with E-state index in [0.717, 1.165) is 5.56 Å². The van der Waals surface area contributed by atoms with Crippen molar-refractivity contribution in [3.05, 3.63) is 59.0 Å². The monoisotopic (exact) mass is 233 g/mol. The van der Waals surface area contributed by atoms with Gasteiger partial charge in [0.1, 0.15) is 6.10 Å². The maximum atomic E-state index is 9.66. The van der Waals surface area contributed by atoms with Gasteiger partial charge in [-0.2, -0.15) is 0 Å². The Morgan fingerprint density at radius 2 is 2.18 bits per heavy atom. The number of aliphatic hydroxyl groups is 1. The van der Waals surface area contributed by atoms with Gasteiger partial charge in [-0.25, -0.2) is 0 Å². The molecule has 0 amide bonds. The molecule has 5 nitrogen and oxygen atoms in total. The van der Waals surface area contributed by atoms with E-state index < -0.39 is 12.2 Å². The van der Waals surface area contributed by atoms with Crippen molar-refractivity contribution in [2.45, 2.75) is 18.8 Å². The molecule has 0 aliphatic carbocycles. The lowest BCUT2D eigenvalue weighted by atomic mass is 10.2. The molecule has 0 spiro atoms. The first-order valence-corrected chi connectivity index (χ1v) is 5.25. The first-order chi connectivity index (χ1) is 8.27. The summed E-state index contributed by atoms with van der Waals surface area (Å²) in [6.45, 7) is 3.94. The Morgan fingerprint density at radius 3 is 2.76 bits per heavy atom. The van der Waals surface area contributed by atoms with Crippen LogP contribution in [-0.4, -0.2) is 23.9 Å². The van der Waals surface area contributed by atoms with E-state index >= 15 is 0 Å². The van der Waals surface area contributed by atoms with Crippen LogP contribution in [0.2, 0.25) is 0 Å². The molecule has 0 aliphatic heterocycles. The molecular formula is C12H15N3O2. The van der Waals surface area contributed by atoms with Crippen LogP contribution < -0.4 is 0 Å². The van der Waals surface area contributed by atoms with Crippen molar-refractivity contribution in [3.8, 4) is 0 Å². The van der Waals surface area contributed by atoms with Crippen LogP contribution in [0.1, 0.15) is 5.56 Å². The summed E-state index contributed by atoms with van der Waals surface area (Å²) in [5, 5.41) is 13.0. The lowest BCUT2D eigenvalue weighted by molar-refractivity contribution is -0.0138. The van der Waals surface area contributed by atoms with Gasteiger partial charge < -0.3 is 9.84 Å². The summed E-state index contributed by atoms with van der Waals surface area (Å²) in [5.41, 5.74) is 9.17. The SMILES string of the molecule is C=CC(OCc1ccccc1)C(O)CN=[N+]=[N-]. The van der Waals surface area contributed by atoms with Gasteiger partial charge in [-0.15, -0.1) is 6.58 Å². The van der Waals surface area contributed by atoms with Gasteiger partial charge in [0.25, 0.3) is 0 Å². The molecule has 2 unspecified atom stereocenters. The number of ether oxygens (including phenoxy) is 1. The number of hydrogen-bond acceptors (Lipinski definition) is 3. The van der Waals surface area contributed by atoms with Crippen LogP contribution in [0, 0.1) is 0 Å². The van der Waals surface area contributed by atoms with Crippen molar-refractivity contribution < 1.29 is 9.84 Å². The molecule has 1 aromatic rings. The van der Waals surface area contributed by atoms with E-state index in [4.69, 9.17) is 10.3 Å². The Hall–Kier alpha value is -1.81. The van der Waals surface area contributed by atoms with Crippen molar-refractivity contribution in [1.82, 2.24) is 0 Å². The van der Waals surface area contributed by atoms with Crippen molar-refractivity contribution in [2.75, 3.05) is 6.54 Å². The molecule has 17 heavy (non-hydrogen) atoms. The smallest absolute Gasteiger partial charge is 0.102 e. The highest BCUT2D eigenvalue weighted by Gasteiger charge is 2.15. The topological polar surface area (TPSA) is 78.2 Å². The number of azide groups is 1. The Balaban J connectivity index is 2.47. The number of nitrogens with zero attached hydrogens (tertiary/aromatic N) is 3. The molecule has 0 saturated heterocycles. The number of rotatable bonds is 7. The highest BCUT2D eigenvalue weighted by molar-refractivity contribution is 5.13. The molecule has 0 aromatic heterocycles. The molecule has 0 fully saturated rings. The standard InChI is InChI=1S/C12H15N3O2/c1-2-12(11(16)8-14-15-13)17-9-10-6-4-3-5-7-10/h2-7,11-12,16H,1,8-9H2. The van der Waals surface area contributed by atoms with E-state index in [9.17, 15) is 5.11 Å². The normalized spacial score (nSPS) is 13.5. The highest BCUT2D eigenvalue weighted by Crippen LogP contribution is 2.07. The number of aliphatic hydroxyl groups excluding tert-OH is 1. The van der Waals surface area contributed by atoms with Crippen LogP contribution in [0.3, 0.4) is 0 Å². The van der Waals surface area contributed by atoms with Crippen molar-refractivity contribution in [3.63, 3.8) is 0 Å². The van der Waals surface area contributed by atoms with Crippen LogP contribution in [0.4, 0.5) is 0 Å². The molecule has 0 bridgehead atoms. The first-order valence-electron chi connectivity index (χ1n) is 5.25. The number of benzene rings is 1. The number of hydrogen-bond donors (Lipinski definition) is 1. The summed E-state index contributed by atoms with van der Waals surface area (Å²) in [6.07, 6.45) is 0.0911. The molecule has 0 aliphatic rings. The summed E-state index contributed by atoms with van der Waals surface area (Å²) in [5.74, 6) is 0. The molecule has 1 N–H and O–H groups in total. The maximum Gasteiger partial charge on any atom is 0.102 e. The second kappa shape index (κ2) is 7.46. The summed E-state index contributed by atoms with van der Waals surface area (Å²) >= 11 is 0. The molecular weight excluding hydrogens is 218 g/mol. The zero-order chi connectivity index (χ0) is 12.5. The van der Waals surface area contributed by atoms with Gasteiger partial charge in [-0.05, 0) is 11.1 Å². The Bertz CT molecular complexity index is 388. The van der Waals surface area contributed by atoms with E-state index in [1.54, 1.807) is 0 Å². The highest BCUT2D eigenvalue weighted by atomic mass is 16.5. The van der Waals surface area contributed by atoms with Gasteiger partial charge in [-0.3, -0.25) is 0 Å². The van der Waals surface area contributed by atoms with E-state index in [2.05, 4.69) is 16.6 Å². The van der Waals surface area contributed by atoms with Crippen LogP contribution in [0.25, 0.3) is 10.4 Å². The fraction of sp³-hybridized carbons (Fsp3) is 0.333. The largest absolute Gasteiger partial charge is 0.390 e. The van der Waals surface area contributed by atoms with Gasteiger partial charge in [0, 0.05) is 4.91 Å². The summed E-state index contributed by atoms with van der Waals surface area (Å²) in [6, 6.07) is 9.61. The quantitative estimate of drug-likeness (QED) is 0.340. The molecule has 2 atom stereocenters. The van der Waals surface area contributed by atoms with E-state index in [0.29, 0.717) is 6.61 Å². The zero-order valence-electron chi connectivity index (χ0n) is 9.44. The zero-order valence-corrected chi connectivity index (χ0v) is 9.44. The molecule has 1 aromatic carbocycles. The Kier molecular flexibility index (Phi) is 5.82. The molecule has 90 valence electrons. The van der Waals surface area contributed by atoms with Crippen LogP contribution in [-0.2, 0) is 11.3 Å². The van der Waals surface area contributed by atoms with E-state index in [1.807, 2.05) is 30.3 Å². The minimum absolute atomic E-state index is 0.0258. The minimum Gasteiger partial charge on any atom is -0.390 e. The molecule has 1 rings (SSSR count). The third-order valence-corrected chi connectivity index (χ3v) is 2.23. The van der Waals surface area contributed by atoms with Crippen molar-refractivity contribution >= 4 is 0 Å². The predicted molar refractivity (Wildman–Crippen MR) is 65.2 cm³/mol. The van der Waals surface area contributed by atoms with Crippen LogP contribution in [0.5, 0.6) is 0 Å². The van der Waals surface area contributed by atoms with Gasteiger partial charge in [0.05, 0.1) is 19.3 Å². The summed E-state index contributed by atoms with van der Waals surface area (Å²) in [7, 11) is 0. The first kappa shape index (κ1) is 13.3. The molecule has 5 heteroatoms. The lowest BCUT2D eigenvalue weighted by Crippen LogP contribution is -2.29. The fourth-order valence-corrected chi connectivity index (χ4v) is 1.33. The van der Waals surface area contributed by atoms with Gasteiger partial charge in [0.15, 0.2) is 0 Å². The van der Waals surface area contributed by atoms with E-state index in [-0.39, 0.29) is 6.54 Å². The van der Waals surface area contributed by atoms with Crippen molar-refractivity contribution in [1.29, 1.82) is 0 Å². The summed E-state index contributed by atoms with van der Waals surface area (Å²) < 4.78 is 5.48. The van der Waals surface area contributed by atoms with Gasteiger partial charge in [0.2, 0.25) is 0 Å². The van der Waals surface area contributed by atoms with E-state index in [1.165, 1.54) is 6.08 Å². The Labute approximate surface area is 100.0 Å². The third-order valence-electron chi connectivity index (χ3n) is 2.23. The minimum atomic E-state index is -0.868. The second-order valence-electron chi connectivity index (χ2n) is 3.48. The third kappa shape index (κ3) is 4.70. The molecule has 0 radical (unpaired) electrons. The predicted octanol–water partition coefficient (Wildman–Crippen LogP) is 2.43. The van der Waals surface area contributed by atoms with Gasteiger partial charge >= 0.3 is 0 Å². The molecule has 0 heterocycles. The molecule has 0 saturated carbocycles. The maximum absolute atomic E-state index is 9.66. The second-order valence-corrected chi connectivity index (χ2v) is 3.48. The van der Waals surface area contributed by atoms with Crippen LogP contribution in [0.15, 0.2) is 48.1 Å². The Morgan fingerprint density at radius 1 is 1.47 bits per heavy atom. The average molecular weight is 233 g/mol. The van der Waals surface area contributed by atoms with Gasteiger partial charge in [-0.1, -0.05) is 41.5 Å². The average Bonchev–Trinajstić information content (AvgIpc) is 2.38. The van der Waals surface area contributed by atoms with Crippen LogP contribution >= 0.6 is 0 Å². The lowest BCUT2D eigenvalue weighted by Gasteiger charge is -2.18.